The predicted molar refractivity (Wildman–Crippen MR) is 202 cm³/mol. The number of likely N-dealkylation sites (N-methyl/N-ethyl adjacent to an activating group) is 1. The number of nitrogens with one attached hydrogen (secondary N) is 2. The summed E-state index contributed by atoms with van der Waals surface area (Å²) in [5.41, 5.74) is 0.320. The average molecular weight is 732 g/mol. The number of ether oxygens (including phenoxy) is 1. The highest BCUT2D eigenvalue weighted by Gasteiger charge is 2.58. The van der Waals surface area contributed by atoms with Crippen molar-refractivity contribution in [1.82, 2.24) is 25.5 Å². The molecule has 5 aliphatic carbocycles. The van der Waals surface area contributed by atoms with Gasteiger partial charge >= 0.3 is 0 Å². The lowest BCUT2D eigenvalue weighted by molar-refractivity contribution is -0.193. The smallest absolute Gasteiger partial charge is 0.240 e. The number of carbonyl (C=O) groups excluding carboxylic acids is 2. The Bertz CT molecular complexity index is 1220. The minimum Gasteiger partial charge on any atom is -0.394 e. The molecule has 11 nitrogen and oxygen atoms in total. The molecule has 2 bridgehead atoms. The molecule has 2 heterocycles. The van der Waals surface area contributed by atoms with Crippen LogP contribution in [0, 0.1) is 52.8 Å². The van der Waals surface area contributed by atoms with Crippen molar-refractivity contribution in [3.63, 3.8) is 0 Å². The van der Waals surface area contributed by atoms with E-state index in [4.69, 9.17) is 9.57 Å². The molecule has 15 atom stereocenters. The van der Waals surface area contributed by atoms with E-state index in [-0.39, 0.29) is 42.4 Å². The number of aliphatic hydroxyl groups is 2. The zero-order chi connectivity index (χ0) is 37.5. The van der Waals surface area contributed by atoms with Gasteiger partial charge in [-0.05, 0) is 127 Å². The van der Waals surface area contributed by atoms with E-state index in [1.165, 1.54) is 12.8 Å². The predicted octanol–water partition coefficient (Wildman–Crippen LogP) is 3.53. The van der Waals surface area contributed by atoms with Crippen LogP contribution < -0.4 is 10.6 Å². The van der Waals surface area contributed by atoms with Crippen molar-refractivity contribution >= 4 is 11.8 Å². The number of hydroxylamine groups is 2. The molecule has 52 heavy (non-hydrogen) atoms. The van der Waals surface area contributed by atoms with Gasteiger partial charge in [0, 0.05) is 56.1 Å². The first-order valence-corrected chi connectivity index (χ1v) is 21.0. The van der Waals surface area contributed by atoms with Crippen molar-refractivity contribution in [2.45, 2.75) is 141 Å². The lowest BCUT2D eigenvalue weighted by Crippen LogP contribution is -2.62. The Kier molecular flexibility index (Phi) is 13.0. The summed E-state index contributed by atoms with van der Waals surface area (Å²) in [6.45, 7) is 14.1. The third kappa shape index (κ3) is 7.98. The highest BCUT2D eigenvalue weighted by Crippen LogP contribution is 2.61. The van der Waals surface area contributed by atoms with Crippen molar-refractivity contribution in [2.24, 2.45) is 52.8 Å². The van der Waals surface area contributed by atoms with Gasteiger partial charge in [0.1, 0.15) is 12.1 Å². The fraction of sp³-hybridized carbons (Fsp3) is 0.951. The maximum atomic E-state index is 14.3. The molecule has 0 radical (unpaired) electrons. The summed E-state index contributed by atoms with van der Waals surface area (Å²) in [7, 11) is 6.09. The van der Waals surface area contributed by atoms with Crippen LogP contribution in [0.1, 0.15) is 98.8 Å². The number of hydrogen-bond acceptors (Lipinski definition) is 9. The molecule has 7 unspecified atom stereocenters. The molecule has 0 aromatic rings. The Labute approximate surface area is 314 Å². The van der Waals surface area contributed by atoms with Crippen LogP contribution in [-0.4, -0.2) is 133 Å². The highest BCUT2D eigenvalue weighted by molar-refractivity contribution is 5.83. The van der Waals surface area contributed by atoms with Gasteiger partial charge in [-0.3, -0.25) is 19.3 Å². The summed E-state index contributed by atoms with van der Waals surface area (Å²) in [5, 5.41) is 30.0. The van der Waals surface area contributed by atoms with Gasteiger partial charge in [-0.1, -0.05) is 34.1 Å². The lowest BCUT2D eigenvalue weighted by atomic mass is 9.45. The summed E-state index contributed by atoms with van der Waals surface area (Å²) >= 11 is 0. The Balaban J connectivity index is 1.15. The lowest BCUT2D eigenvalue weighted by Gasteiger charge is -2.62. The van der Waals surface area contributed by atoms with Crippen molar-refractivity contribution < 1.29 is 29.4 Å². The van der Waals surface area contributed by atoms with Gasteiger partial charge in [0.2, 0.25) is 11.8 Å². The second-order valence-corrected chi connectivity index (χ2v) is 18.8. The van der Waals surface area contributed by atoms with Gasteiger partial charge in [0.25, 0.3) is 0 Å². The third-order valence-corrected chi connectivity index (χ3v) is 15.6. The molecule has 0 spiro atoms. The maximum absolute atomic E-state index is 14.3. The van der Waals surface area contributed by atoms with E-state index in [2.05, 4.69) is 62.2 Å². The number of rotatable bonds is 13. The quantitative estimate of drug-likeness (QED) is 0.225. The van der Waals surface area contributed by atoms with E-state index in [0.29, 0.717) is 53.6 Å². The Morgan fingerprint density at radius 1 is 1.06 bits per heavy atom. The number of hydrogen-bond donors (Lipinski definition) is 4. The van der Waals surface area contributed by atoms with E-state index < -0.39 is 24.2 Å². The fourth-order valence-corrected chi connectivity index (χ4v) is 12.3. The molecule has 7 rings (SSSR count). The van der Waals surface area contributed by atoms with Gasteiger partial charge in [0.15, 0.2) is 0 Å². The maximum Gasteiger partial charge on any atom is 0.240 e. The Morgan fingerprint density at radius 2 is 1.83 bits per heavy atom. The van der Waals surface area contributed by atoms with Crippen LogP contribution in [0.25, 0.3) is 0 Å². The van der Waals surface area contributed by atoms with Crippen molar-refractivity contribution in [1.29, 1.82) is 0 Å². The Hall–Kier alpha value is -1.34. The number of fused-ring (bicyclic) bond motifs is 2. The van der Waals surface area contributed by atoms with Gasteiger partial charge in [-0.25, -0.2) is 0 Å². The molecule has 7 fully saturated rings. The van der Waals surface area contributed by atoms with E-state index in [9.17, 15) is 19.8 Å². The molecular formula is C41H73N5O6. The third-order valence-electron chi connectivity index (χ3n) is 15.6. The first kappa shape index (κ1) is 40.3. The van der Waals surface area contributed by atoms with Crippen LogP contribution in [0.5, 0.6) is 0 Å². The normalized spacial score (nSPS) is 42.9. The second-order valence-electron chi connectivity index (χ2n) is 18.8. The minimum absolute atomic E-state index is 0.0218. The van der Waals surface area contributed by atoms with Gasteiger partial charge in [-0.2, -0.15) is 5.06 Å². The molecule has 298 valence electrons. The molecular weight excluding hydrogens is 658 g/mol. The summed E-state index contributed by atoms with van der Waals surface area (Å²) < 4.78 is 6.40. The van der Waals surface area contributed by atoms with Gasteiger partial charge in [0.05, 0.1) is 18.8 Å². The number of aliphatic hydroxyl groups excluding tert-OH is 2. The Morgan fingerprint density at radius 3 is 2.46 bits per heavy atom. The molecule has 2 amide bonds. The summed E-state index contributed by atoms with van der Waals surface area (Å²) in [6, 6.07) is 0.177. The van der Waals surface area contributed by atoms with Crippen molar-refractivity contribution in [3.05, 3.63) is 0 Å². The summed E-state index contributed by atoms with van der Waals surface area (Å²) in [5.74, 6) is 1.89. The van der Waals surface area contributed by atoms with E-state index in [1.807, 2.05) is 7.11 Å². The van der Waals surface area contributed by atoms with Crippen LogP contribution in [0.2, 0.25) is 0 Å². The van der Waals surface area contributed by atoms with Crippen molar-refractivity contribution in [2.75, 3.05) is 54.0 Å². The number of carbonyl (C=O) groups is 2. The van der Waals surface area contributed by atoms with Crippen LogP contribution in [-0.2, 0) is 19.2 Å². The SMILES string of the molecule is CCN1CCC[C@H]1CNC(=O)C1CC(C2CCCC(CN3O[C@@H](CO)[C@@H]([C@H](C)O)C3C(=O)N[C@H]3C[C@H]4C[C@@H]([C@@H]3C)C4(C)C)C2OC)CC(N(C)C)C1. The van der Waals surface area contributed by atoms with Crippen LogP contribution in [0.3, 0.4) is 0 Å². The number of nitrogens with zero attached hydrogens (tertiary/aromatic N) is 3. The average Bonchev–Trinajstić information content (AvgIpc) is 3.75. The topological polar surface area (TPSA) is 127 Å². The van der Waals surface area contributed by atoms with Gasteiger partial charge in [-0.15, -0.1) is 0 Å². The largest absolute Gasteiger partial charge is 0.394 e. The van der Waals surface area contributed by atoms with Crippen molar-refractivity contribution in [3.8, 4) is 0 Å². The monoisotopic (exact) mass is 732 g/mol. The highest BCUT2D eigenvalue weighted by atomic mass is 16.7. The molecule has 7 aliphatic rings. The second kappa shape index (κ2) is 16.8. The molecule has 5 saturated carbocycles. The van der Waals surface area contributed by atoms with Crippen LogP contribution in [0.15, 0.2) is 0 Å². The van der Waals surface area contributed by atoms with Crippen LogP contribution >= 0.6 is 0 Å². The number of methoxy groups -OCH3 is 1. The standard InChI is InChI=1S/C41H73N5O6/c1-9-45-15-11-13-30(45)21-42-39(49)28-16-27(17-31(18-28)44(6)7)32-14-10-12-26(38(32)51-8)22-46-37(36(25(3)48)35(23-47)52-46)40(50)43-34-20-29-19-33(24(34)2)41(29,4)5/h24-38,47-48H,9-23H2,1-8H3,(H,42,49)(H,43,50)/t24-,25-,26?,27?,28?,29+,30-,31?,32?,33-,34-,35-,36+,37?,38?/m0/s1. The fourth-order valence-electron chi connectivity index (χ4n) is 12.3. The molecule has 11 heteroatoms. The molecule has 2 saturated heterocycles. The van der Waals surface area contributed by atoms with Crippen LogP contribution in [0.4, 0.5) is 0 Å². The molecule has 4 N–H and O–H groups in total. The molecule has 2 aliphatic heterocycles. The molecule has 0 aromatic carbocycles. The summed E-state index contributed by atoms with van der Waals surface area (Å²) in [6.07, 6.45) is 8.91. The number of likely N-dealkylation sites (tertiary alicyclic amines) is 1. The first-order valence-electron chi connectivity index (χ1n) is 21.0. The first-order chi connectivity index (χ1) is 24.8. The zero-order valence-electron chi connectivity index (χ0n) is 33.6. The van der Waals surface area contributed by atoms with E-state index in [0.717, 1.165) is 71.0 Å². The molecule has 0 aromatic heterocycles. The van der Waals surface area contributed by atoms with Gasteiger partial charge < -0.3 is 30.5 Å². The summed E-state index contributed by atoms with van der Waals surface area (Å²) in [4.78, 5) is 39.3. The zero-order valence-corrected chi connectivity index (χ0v) is 33.6. The van der Waals surface area contributed by atoms with E-state index in [1.54, 1.807) is 12.0 Å². The van der Waals surface area contributed by atoms with E-state index >= 15 is 0 Å². The number of amides is 2. The minimum atomic E-state index is -0.821.